The van der Waals surface area contributed by atoms with Gasteiger partial charge in [-0.25, -0.2) is 8.42 Å². The molecule has 1 atom stereocenters. The van der Waals surface area contributed by atoms with Crippen molar-refractivity contribution in [3.05, 3.63) is 77.7 Å². The summed E-state index contributed by atoms with van der Waals surface area (Å²) < 4.78 is 39.1. The molecule has 0 bridgehead atoms. The molecule has 2 heterocycles. The highest BCUT2D eigenvalue weighted by molar-refractivity contribution is 7.92. The lowest BCUT2D eigenvalue weighted by molar-refractivity contribution is 0.0935. The van der Waals surface area contributed by atoms with Crippen LogP contribution in [-0.4, -0.2) is 53.5 Å². The first-order valence-corrected chi connectivity index (χ1v) is 12.0. The molecule has 0 saturated carbocycles. The van der Waals surface area contributed by atoms with E-state index in [-0.39, 0.29) is 23.0 Å². The number of nitrogens with one attached hydrogen (secondary N) is 1. The van der Waals surface area contributed by atoms with Crippen LogP contribution in [0.1, 0.15) is 27.7 Å². The largest absolute Gasteiger partial charge is 0.496 e. The van der Waals surface area contributed by atoms with Gasteiger partial charge in [0, 0.05) is 13.1 Å². The van der Waals surface area contributed by atoms with Gasteiger partial charge < -0.3 is 14.5 Å². The SMILES string of the molecule is COc1ccc(S(=O)(=O)N2CCc3ccccc32)cc1C(=O)NCC(c1ccco1)N(C)C. The van der Waals surface area contributed by atoms with E-state index in [2.05, 4.69) is 5.32 Å². The maximum absolute atomic E-state index is 13.4. The van der Waals surface area contributed by atoms with Gasteiger partial charge >= 0.3 is 0 Å². The number of nitrogens with zero attached hydrogens (tertiary/aromatic N) is 2. The Balaban J connectivity index is 1.60. The van der Waals surface area contributed by atoms with E-state index in [1.165, 1.54) is 29.6 Å². The fourth-order valence-electron chi connectivity index (χ4n) is 4.01. The van der Waals surface area contributed by atoms with Crippen LogP contribution in [0.2, 0.25) is 0 Å². The van der Waals surface area contributed by atoms with Crippen molar-refractivity contribution < 1.29 is 22.4 Å². The van der Waals surface area contributed by atoms with Crippen LogP contribution in [-0.2, 0) is 16.4 Å². The Labute approximate surface area is 193 Å². The van der Waals surface area contributed by atoms with Crippen LogP contribution in [0.15, 0.2) is 70.2 Å². The number of likely N-dealkylation sites (N-methyl/N-ethyl adjacent to an activating group) is 1. The quantitative estimate of drug-likeness (QED) is 0.545. The molecule has 2 aromatic carbocycles. The van der Waals surface area contributed by atoms with Gasteiger partial charge in [0.25, 0.3) is 15.9 Å². The zero-order chi connectivity index (χ0) is 23.6. The maximum Gasteiger partial charge on any atom is 0.264 e. The molecule has 9 heteroatoms. The summed E-state index contributed by atoms with van der Waals surface area (Å²) in [5.41, 5.74) is 1.81. The van der Waals surface area contributed by atoms with Crippen molar-refractivity contribution >= 4 is 21.6 Å². The Kier molecular flexibility index (Phi) is 6.44. The van der Waals surface area contributed by atoms with Crippen LogP contribution in [0, 0.1) is 0 Å². The molecule has 1 aromatic heterocycles. The number of carbonyl (C=O) groups excluding carboxylic acids is 1. The average Bonchev–Trinajstić information content (AvgIpc) is 3.49. The van der Waals surface area contributed by atoms with Gasteiger partial charge in [0.15, 0.2) is 0 Å². The number of methoxy groups -OCH3 is 1. The van der Waals surface area contributed by atoms with Gasteiger partial charge in [-0.2, -0.15) is 0 Å². The Morgan fingerprint density at radius 2 is 1.97 bits per heavy atom. The fourth-order valence-corrected chi connectivity index (χ4v) is 5.54. The molecule has 0 spiro atoms. The summed E-state index contributed by atoms with van der Waals surface area (Å²) >= 11 is 0. The minimum absolute atomic E-state index is 0.0420. The van der Waals surface area contributed by atoms with Crippen LogP contribution < -0.4 is 14.4 Å². The number of rotatable bonds is 8. The maximum atomic E-state index is 13.4. The molecular weight excluding hydrogens is 442 g/mol. The third-order valence-corrected chi connectivity index (χ3v) is 7.61. The molecule has 174 valence electrons. The van der Waals surface area contributed by atoms with Crippen molar-refractivity contribution in [3.63, 3.8) is 0 Å². The highest BCUT2D eigenvalue weighted by Gasteiger charge is 2.31. The second kappa shape index (κ2) is 9.29. The number of para-hydroxylation sites is 1. The highest BCUT2D eigenvalue weighted by atomic mass is 32.2. The predicted octanol–water partition coefficient (Wildman–Crippen LogP) is 3.07. The summed E-state index contributed by atoms with van der Waals surface area (Å²) in [6, 6.07) is 15.3. The first-order chi connectivity index (χ1) is 15.8. The van der Waals surface area contributed by atoms with E-state index in [1.807, 2.05) is 43.3 Å². The van der Waals surface area contributed by atoms with E-state index in [0.29, 0.717) is 24.4 Å². The van der Waals surface area contributed by atoms with E-state index in [9.17, 15) is 13.2 Å². The molecule has 1 aliphatic rings. The van der Waals surface area contributed by atoms with Crippen molar-refractivity contribution in [2.75, 3.05) is 38.6 Å². The number of fused-ring (bicyclic) bond motifs is 1. The Hall–Kier alpha value is -3.30. The summed E-state index contributed by atoms with van der Waals surface area (Å²) in [4.78, 5) is 15.0. The van der Waals surface area contributed by atoms with E-state index in [0.717, 1.165) is 11.3 Å². The lowest BCUT2D eigenvalue weighted by atomic mass is 10.1. The third-order valence-electron chi connectivity index (χ3n) is 5.80. The number of benzene rings is 2. The van der Waals surface area contributed by atoms with Crippen LogP contribution in [0.4, 0.5) is 5.69 Å². The van der Waals surface area contributed by atoms with Crippen LogP contribution >= 0.6 is 0 Å². The number of ether oxygens (including phenoxy) is 1. The zero-order valence-electron chi connectivity index (χ0n) is 18.8. The van der Waals surface area contributed by atoms with E-state index in [1.54, 1.807) is 18.4 Å². The second-order valence-corrected chi connectivity index (χ2v) is 9.89. The first kappa shape index (κ1) is 22.9. The molecule has 1 N–H and O–H groups in total. The van der Waals surface area contributed by atoms with E-state index >= 15 is 0 Å². The molecule has 4 rings (SSSR count). The molecule has 1 aliphatic heterocycles. The van der Waals surface area contributed by atoms with E-state index in [4.69, 9.17) is 9.15 Å². The van der Waals surface area contributed by atoms with Gasteiger partial charge in [0.2, 0.25) is 0 Å². The summed E-state index contributed by atoms with van der Waals surface area (Å²) in [7, 11) is 1.39. The molecule has 0 saturated heterocycles. The molecule has 0 aliphatic carbocycles. The first-order valence-electron chi connectivity index (χ1n) is 10.6. The number of carbonyl (C=O) groups is 1. The third kappa shape index (κ3) is 4.46. The topological polar surface area (TPSA) is 92.1 Å². The lowest BCUT2D eigenvalue weighted by Gasteiger charge is -2.23. The van der Waals surface area contributed by atoms with Gasteiger partial charge in [-0.15, -0.1) is 0 Å². The second-order valence-electron chi connectivity index (χ2n) is 8.02. The lowest BCUT2D eigenvalue weighted by Crippen LogP contribution is -2.34. The van der Waals surface area contributed by atoms with Gasteiger partial charge in [-0.05, 0) is 62.5 Å². The van der Waals surface area contributed by atoms with Crippen molar-refractivity contribution in [2.24, 2.45) is 0 Å². The van der Waals surface area contributed by atoms with Crippen molar-refractivity contribution in [3.8, 4) is 5.75 Å². The summed E-state index contributed by atoms with van der Waals surface area (Å²) in [6.07, 6.45) is 2.24. The molecule has 0 fully saturated rings. The Morgan fingerprint density at radius 3 is 2.67 bits per heavy atom. The predicted molar refractivity (Wildman–Crippen MR) is 125 cm³/mol. The summed E-state index contributed by atoms with van der Waals surface area (Å²) in [5, 5.41) is 2.88. The monoisotopic (exact) mass is 469 g/mol. The molecule has 0 radical (unpaired) electrons. The van der Waals surface area contributed by atoms with E-state index < -0.39 is 15.9 Å². The van der Waals surface area contributed by atoms with Crippen LogP contribution in [0.25, 0.3) is 0 Å². The molecular formula is C24H27N3O5S. The van der Waals surface area contributed by atoms with Gasteiger partial charge in [0.05, 0.1) is 35.6 Å². The van der Waals surface area contributed by atoms with Crippen LogP contribution in [0.5, 0.6) is 5.75 Å². The van der Waals surface area contributed by atoms with Crippen molar-refractivity contribution in [1.82, 2.24) is 10.2 Å². The smallest absolute Gasteiger partial charge is 0.264 e. The van der Waals surface area contributed by atoms with Crippen molar-refractivity contribution in [1.29, 1.82) is 0 Å². The summed E-state index contributed by atoms with van der Waals surface area (Å²) in [6.45, 7) is 0.641. The number of furan rings is 1. The Morgan fingerprint density at radius 1 is 1.18 bits per heavy atom. The number of hydrogen-bond acceptors (Lipinski definition) is 6. The zero-order valence-corrected chi connectivity index (χ0v) is 19.6. The van der Waals surface area contributed by atoms with Crippen LogP contribution in [0.3, 0.4) is 0 Å². The number of hydrogen-bond donors (Lipinski definition) is 1. The minimum Gasteiger partial charge on any atom is -0.496 e. The number of amides is 1. The molecule has 8 nitrogen and oxygen atoms in total. The van der Waals surface area contributed by atoms with Gasteiger partial charge in [-0.3, -0.25) is 14.0 Å². The number of anilines is 1. The highest BCUT2D eigenvalue weighted by Crippen LogP contribution is 2.34. The average molecular weight is 470 g/mol. The van der Waals surface area contributed by atoms with Crippen molar-refractivity contribution in [2.45, 2.75) is 17.4 Å². The van der Waals surface area contributed by atoms with Gasteiger partial charge in [0.1, 0.15) is 11.5 Å². The fraction of sp³-hybridized carbons (Fsp3) is 0.292. The molecule has 1 unspecified atom stereocenters. The summed E-state index contributed by atoms with van der Waals surface area (Å²) in [5.74, 6) is 0.591. The molecule has 1 amide bonds. The van der Waals surface area contributed by atoms with Gasteiger partial charge in [-0.1, -0.05) is 18.2 Å². The minimum atomic E-state index is -3.84. The normalized spacial score (nSPS) is 14.2. The standard InChI is InChI=1S/C24H27N3O5S/c1-26(2)21(23-9-6-14-32-23)16-25-24(28)19-15-18(10-11-22(19)31-3)33(29,30)27-13-12-17-7-4-5-8-20(17)27/h4-11,14-15,21H,12-13,16H2,1-3H3,(H,25,28). The molecule has 33 heavy (non-hydrogen) atoms. The Bertz CT molecular complexity index is 1240. The molecule has 3 aromatic rings. The number of sulfonamides is 1.